The van der Waals surface area contributed by atoms with E-state index in [1.165, 1.54) is 56.9 Å². The molecule has 35 heavy (non-hydrogen) atoms. The van der Waals surface area contributed by atoms with Crippen LogP contribution < -0.4 is 10.3 Å². The molecule has 0 atom stereocenters. The van der Waals surface area contributed by atoms with Gasteiger partial charge in [0.1, 0.15) is 33.9 Å². The minimum Gasteiger partial charge on any atom is -0.744 e. The average molecular weight is 492 g/mol. The number of nitrogens with two attached hydrogens (primary N) is 1. The van der Waals surface area contributed by atoms with Gasteiger partial charge in [-0.15, -0.1) is 0 Å². The molecule has 0 aliphatic heterocycles. The van der Waals surface area contributed by atoms with Gasteiger partial charge in [0.15, 0.2) is 0 Å². The first-order valence-electron chi connectivity index (χ1n) is 11.4. The summed E-state index contributed by atoms with van der Waals surface area (Å²) in [6.45, 7) is 14.6. The first-order valence-corrected chi connectivity index (χ1v) is 12.8. The van der Waals surface area contributed by atoms with Gasteiger partial charge in [-0.05, 0) is 82.9 Å². The zero-order chi connectivity index (χ0) is 26.1. The minimum atomic E-state index is -4.27. The van der Waals surface area contributed by atoms with Gasteiger partial charge in [-0.1, -0.05) is 53.1 Å². The number of hydrogen-bond acceptors (Lipinski definition) is 4. The highest BCUT2D eigenvalue weighted by Crippen LogP contribution is 2.24. The predicted molar refractivity (Wildman–Crippen MR) is 139 cm³/mol. The maximum atomic E-state index is 10.4. The number of imidazole rings is 1. The van der Waals surface area contributed by atoms with Gasteiger partial charge in [0, 0.05) is 0 Å². The van der Waals surface area contributed by atoms with Gasteiger partial charge in [-0.3, -0.25) is 5.73 Å². The quantitative estimate of drug-likeness (QED) is 0.319. The summed E-state index contributed by atoms with van der Waals surface area (Å²) in [7, 11) is -4.27. The van der Waals surface area contributed by atoms with Gasteiger partial charge in [0.2, 0.25) is 0 Å². The summed E-state index contributed by atoms with van der Waals surface area (Å²) in [5.41, 5.74) is 17.3. The molecule has 184 valence electrons. The molecule has 0 bridgehead atoms. The fraction of sp³-hybridized carbons (Fsp3) is 0.250. The largest absolute Gasteiger partial charge is 0.744 e. The van der Waals surface area contributed by atoms with Crippen LogP contribution in [0.3, 0.4) is 0 Å². The van der Waals surface area contributed by atoms with Crippen molar-refractivity contribution in [1.29, 1.82) is 0 Å². The standard InChI is InChI=1S/C21H25N3.C7H8O3S/c1-13-9-15(3)19(16(4)10-13)23-7-8-24(21(23)22)20-17(5)11-14(2)12-18(20)6;1-6-2-4-7(5-3-6)11(8,9)10/h7-12,22H,1-6H3;2-5H,1H3,(H,8,9,10). The fourth-order valence-corrected chi connectivity index (χ4v) is 5.06. The number of rotatable bonds is 3. The first-order chi connectivity index (χ1) is 16.3. The monoisotopic (exact) mass is 491 g/mol. The van der Waals surface area contributed by atoms with Crippen molar-refractivity contribution in [3.63, 3.8) is 0 Å². The summed E-state index contributed by atoms with van der Waals surface area (Å²) < 4.78 is 35.3. The lowest BCUT2D eigenvalue weighted by Crippen LogP contribution is -2.35. The summed E-state index contributed by atoms with van der Waals surface area (Å²) in [5.74, 6) is 0.722. The summed E-state index contributed by atoms with van der Waals surface area (Å²) >= 11 is 0. The van der Waals surface area contributed by atoms with Crippen molar-refractivity contribution in [3.05, 3.63) is 99.9 Å². The van der Waals surface area contributed by atoms with E-state index in [1.807, 2.05) is 6.92 Å². The van der Waals surface area contributed by atoms with E-state index in [4.69, 9.17) is 5.73 Å². The molecule has 2 N–H and O–H groups in total. The second-order valence-electron chi connectivity index (χ2n) is 9.16. The van der Waals surface area contributed by atoms with Crippen LogP contribution >= 0.6 is 0 Å². The molecular weight excluding hydrogens is 458 g/mol. The second-order valence-corrected chi connectivity index (χ2v) is 10.5. The molecule has 6 nitrogen and oxygen atoms in total. The van der Waals surface area contributed by atoms with Crippen LogP contribution in [0.5, 0.6) is 0 Å². The number of nitrogen functional groups attached to an aromatic ring is 1. The fourth-order valence-electron chi connectivity index (χ4n) is 4.59. The molecular formula is C28H33N3O3S. The Morgan fingerprint density at radius 1 is 0.743 bits per heavy atom. The van der Waals surface area contributed by atoms with Gasteiger partial charge in [-0.2, -0.15) is 0 Å². The molecule has 0 aliphatic rings. The van der Waals surface area contributed by atoms with E-state index in [0.29, 0.717) is 0 Å². The van der Waals surface area contributed by atoms with E-state index in [-0.39, 0.29) is 4.90 Å². The summed E-state index contributed by atoms with van der Waals surface area (Å²) in [5, 5.41) is 0. The predicted octanol–water partition coefficient (Wildman–Crippen LogP) is 5.09. The molecule has 4 rings (SSSR count). The number of aromatic nitrogens is 2. The maximum absolute atomic E-state index is 10.4. The maximum Gasteiger partial charge on any atom is 0.365 e. The average Bonchev–Trinajstić information content (AvgIpc) is 3.08. The zero-order valence-electron chi connectivity index (χ0n) is 21.4. The first kappa shape index (κ1) is 26.2. The van der Waals surface area contributed by atoms with Gasteiger partial charge in [0.25, 0.3) is 0 Å². The van der Waals surface area contributed by atoms with Crippen LogP contribution in [0.25, 0.3) is 11.4 Å². The number of anilines is 1. The molecule has 0 spiro atoms. The van der Waals surface area contributed by atoms with Crippen molar-refractivity contribution in [1.82, 2.24) is 4.57 Å². The molecule has 1 heterocycles. The van der Waals surface area contributed by atoms with E-state index in [2.05, 4.69) is 87.3 Å². The molecule has 0 fully saturated rings. The lowest BCUT2D eigenvalue weighted by Gasteiger charge is -2.12. The number of benzene rings is 3. The molecule has 3 aromatic carbocycles. The molecule has 7 heteroatoms. The number of aryl methyl sites for hydroxylation is 7. The van der Waals surface area contributed by atoms with Crippen LogP contribution in [-0.2, 0) is 10.1 Å². The molecule has 0 aliphatic carbocycles. The van der Waals surface area contributed by atoms with E-state index < -0.39 is 10.1 Å². The third-order valence-corrected chi connectivity index (χ3v) is 6.77. The number of hydrogen-bond donors (Lipinski definition) is 1. The van der Waals surface area contributed by atoms with Crippen LogP contribution in [0.15, 0.2) is 65.8 Å². The number of nitrogens with zero attached hydrogens (tertiary/aromatic N) is 2. The van der Waals surface area contributed by atoms with E-state index in [9.17, 15) is 13.0 Å². The highest BCUT2D eigenvalue weighted by Gasteiger charge is 2.21. The van der Waals surface area contributed by atoms with Crippen molar-refractivity contribution in [2.24, 2.45) is 0 Å². The van der Waals surface area contributed by atoms with E-state index in [0.717, 1.165) is 11.5 Å². The smallest absolute Gasteiger partial charge is 0.365 e. The minimum absolute atomic E-state index is 0.178. The zero-order valence-corrected chi connectivity index (χ0v) is 22.2. The summed E-state index contributed by atoms with van der Waals surface area (Å²) in [4.78, 5) is -0.178. The van der Waals surface area contributed by atoms with Crippen molar-refractivity contribution < 1.29 is 17.5 Å². The van der Waals surface area contributed by atoms with Crippen molar-refractivity contribution in [3.8, 4) is 11.4 Å². The van der Waals surface area contributed by atoms with E-state index in [1.54, 1.807) is 12.1 Å². The second kappa shape index (κ2) is 10.1. The molecule has 0 radical (unpaired) electrons. The summed E-state index contributed by atoms with van der Waals surface area (Å²) in [6, 6.07) is 14.6. The van der Waals surface area contributed by atoms with Crippen LogP contribution in [0.2, 0.25) is 0 Å². The van der Waals surface area contributed by atoms with Crippen molar-refractivity contribution in [2.45, 2.75) is 53.4 Å². The van der Waals surface area contributed by atoms with Crippen molar-refractivity contribution in [2.75, 3.05) is 5.73 Å². The molecule has 4 aromatic rings. The van der Waals surface area contributed by atoms with Gasteiger partial charge >= 0.3 is 5.95 Å². The Kier molecular flexibility index (Phi) is 7.53. The van der Waals surface area contributed by atoms with Crippen LogP contribution in [-0.4, -0.2) is 17.5 Å². The molecule has 0 amide bonds. The summed E-state index contributed by atoms with van der Waals surface area (Å²) in [6.07, 6.45) is 4.11. The molecule has 0 unspecified atom stereocenters. The van der Waals surface area contributed by atoms with Gasteiger partial charge in [-0.25, -0.2) is 17.6 Å². The Morgan fingerprint density at radius 2 is 1.20 bits per heavy atom. The van der Waals surface area contributed by atoms with Crippen molar-refractivity contribution >= 4 is 16.1 Å². The Morgan fingerprint density at radius 3 is 1.66 bits per heavy atom. The third-order valence-electron chi connectivity index (χ3n) is 5.92. The third kappa shape index (κ3) is 5.81. The normalized spacial score (nSPS) is 11.2. The van der Waals surface area contributed by atoms with Gasteiger partial charge < -0.3 is 4.55 Å². The molecule has 0 saturated heterocycles. The van der Waals surface area contributed by atoms with Crippen LogP contribution in [0.4, 0.5) is 5.95 Å². The SMILES string of the molecule is Cc1cc(C)c(-n2cc[n+](-c3c(C)cc(C)cc3C)c2N)c(C)c1.Cc1ccc(S(=O)(=O)[O-])cc1. The Hall–Kier alpha value is -3.42. The Labute approximate surface area is 208 Å². The molecule has 1 aromatic heterocycles. The van der Waals surface area contributed by atoms with E-state index >= 15 is 0 Å². The van der Waals surface area contributed by atoms with Crippen LogP contribution in [0.1, 0.15) is 38.9 Å². The Bertz CT molecular complexity index is 1360. The lowest BCUT2D eigenvalue weighted by molar-refractivity contribution is -0.579. The topological polar surface area (TPSA) is 92.0 Å². The highest BCUT2D eigenvalue weighted by molar-refractivity contribution is 7.85. The van der Waals surface area contributed by atoms with Crippen LogP contribution in [0, 0.1) is 48.5 Å². The highest BCUT2D eigenvalue weighted by atomic mass is 32.2. The Balaban J connectivity index is 0.000000261. The molecule has 0 saturated carbocycles. The lowest BCUT2D eigenvalue weighted by atomic mass is 10.0. The van der Waals surface area contributed by atoms with Gasteiger partial charge in [0.05, 0.1) is 4.90 Å².